The third-order valence-corrected chi connectivity index (χ3v) is 2.01. The van der Waals surface area contributed by atoms with Crippen molar-refractivity contribution in [2.75, 3.05) is 0 Å². The SMILES string of the molecule is C[Te].Cc1cccc2ccccc12. The minimum absolute atomic E-state index is 1.33. The fraction of sp³-hybridized carbons (Fsp3) is 0.167. The van der Waals surface area contributed by atoms with Crippen molar-refractivity contribution in [3.63, 3.8) is 0 Å². The van der Waals surface area contributed by atoms with Crippen LogP contribution in [-0.4, -0.2) is 22.3 Å². The molecule has 0 saturated heterocycles. The number of hydrogen-bond acceptors (Lipinski definition) is 0. The Bertz CT molecular complexity index is 374. The Morgan fingerprint density at radius 2 is 1.46 bits per heavy atom. The predicted octanol–water partition coefficient (Wildman–Crippen LogP) is 3.35. The number of fused-ring (bicyclic) bond motifs is 1. The third-order valence-electron chi connectivity index (χ3n) is 2.01. The molecule has 0 aromatic heterocycles. The molecule has 0 aliphatic carbocycles. The van der Waals surface area contributed by atoms with Crippen LogP contribution in [0.4, 0.5) is 0 Å². The first-order valence-electron chi connectivity index (χ1n) is 4.23. The van der Waals surface area contributed by atoms with Crippen molar-refractivity contribution in [3.8, 4) is 0 Å². The number of rotatable bonds is 0. The molecule has 0 spiro atoms. The summed E-state index contributed by atoms with van der Waals surface area (Å²) in [5.74, 6) is 0. The summed E-state index contributed by atoms with van der Waals surface area (Å²) in [5, 5.41) is 2.68. The number of aryl methyl sites for hydroxylation is 1. The van der Waals surface area contributed by atoms with Crippen LogP contribution in [0.5, 0.6) is 0 Å². The molecular weight excluding hydrogens is 272 g/mol. The maximum atomic E-state index is 2.16. The Kier molecular flexibility index (Phi) is 4.28. The van der Waals surface area contributed by atoms with Gasteiger partial charge < -0.3 is 0 Å². The molecule has 1 radical (unpaired) electrons. The summed E-state index contributed by atoms with van der Waals surface area (Å²) in [6.45, 7) is 2.14. The molecule has 0 heterocycles. The fourth-order valence-corrected chi connectivity index (χ4v) is 1.39. The van der Waals surface area contributed by atoms with E-state index in [0.29, 0.717) is 0 Å². The van der Waals surface area contributed by atoms with Gasteiger partial charge in [0.2, 0.25) is 0 Å². The first-order valence-corrected chi connectivity index (χ1v) is 6.56. The van der Waals surface area contributed by atoms with Crippen LogP contribution in [0.2, 0.25) is 4.97 Å². The minimum atomic E-state index is 1.33. The summed E-state index contributed by atoms with van der Waals surface area (Å²) in [4.78, 5) is 2.01. The standard InChI is InChI=1S/C11H10.CH3Te/c1-9-5-4-7-10-6-2-3-8-11(9)10;1-2/h2-8H,1H3;1H3. The molecule has 0 atom stereocenters. The van der Waals surface area contributed by atoms with E-state index < -0.39 is 0 Å². The Morgan fingerprint density at radius 3 is 2.15 bits per heavy atom. The molecule has 0 fully saturated rings. The monoisotopic (exact) mass is 287 g/mol. The maximum Gasteiger partial charge on any atom is -0.0155 e. The summed E-state index contributed by atoms with van der Waals surface area (Å²) in [6.07, 6.45) is 0. The van der Waals surface area contributed by atoms with E-state index in [2.05, 4.69) is 49.4 Å². The normalized spacial score (nSPS) is 9.15. The zero-order valence-electron chi connectivity index (χ0n) is 7.95. The van der Waals surface area contributed by atoms with E-state index in [1.807, 2.05) is 27.3 Å². The summed E-state index contributed by atoms with van der Waals surface area (Å²) in [7, 11) is 0. The first kappa shape index (κ1) is 10.6. The van der Waals surface area contributed by atoms with Crippen LogP contribution in [0, 0.1) is 6.92 Å². The van der Waals surface area contributed by atoms with Gasteiger partial charge in [-0.2, -0.15) is 0 Å². The molecule has 2 aromatic rings. The van der Waals surface area contributed by atoms with Crippen LogP contribution in [0.1, 0.15) is 5.56 Å². The molecule has 0 aliphatic heterocycles. The van der Waals surface area contributed by atoms with E-state index >= 15 is 0 Å². The topological polar surface area (TPSA) is 0 Å². The second-order valence-corrected chi connectivity index (χ2v) is 2.80. The van der Waals surface area contributed by atoms with Crippen LogP contribution in [0.3, 0.4) is 0 Å². The van der Waals surface area contributed by atoms with Crippen molar-refractivity contribution in [3.05, 3.63) is 48.0 Å². The fourth-order valence-electron chi connectivity index (χ4n) is 1.39. The van der Waals surface area contributed by atoms with Crippen molar-refractivity contribution in [2.45, 2.75) is 11.9 Å². The second-order valence-electron chi connectivity index (χ2n) is 2.80. The average molecular weight is 285 g/mol. The van der Waals surface area contributed by atoms with Gasteiger partial charge in [-0.05, 0) is 23.3 Å². The van der Waals surface area contributed by atoms with Crippen LogP contribution in [-0.2, 0) is 0 Å². The van der Waals surface area contributed by atoms with E-state index in [4.69, 9.17) is 0 Å². The second kappa shape index (κ2) is 5.27. The maximum absolute atomic E-state index is 2.16. The van der Waals surface area contributed by atoms with Gasteiger partial charge in [0.15, 0.2) is 0 Å². The van der Waals surface area contributed by atoms with Gasteiger partial charge in [-0.25, -0.2) is 0 Å². The van der Waals surface area contributed by atoms with Crippen molar-refractivity contribution in [2.24, 2.45) is 0 Å². The molecule has 2 rings (SSSR count). The Morgan fingerprint density at radius 1 is 0.846 bits per heavy atom. The Labute approximate surface area is 92.9 Å². The van der Waals surface area contributed by atoms with E-state index in [1.54, 1.807) is 0 Å². The van der Waals surface area contributed by atoms with Gasteiger partial charge >= 0.3 is 27.3 Å². The van der Waals surface area contributed by atoms with Gasteiger partial charge in [0.05, 0.1) is 0 Å². The molecule has 0 nitrogen and oxygen atoms in total. The molecule has 0 unspecified atom stereocenters. The molecule has 0 aliphatic rings. The molecule has 2 aromatic carbocycles. The smallest absolute Gasteiger partial charge is 0.0155 e. The van der Waals surface area contributed by atoms with Crippen LogP contribution >= 0.6 is 0 Å². The van der Waals surface area contributed by atoms with Gasteiger partial charge in [0.25, 0.3) is 0 Å². The van der Waals surface area contributed by atoms with Crippen LogP contribution in [0.25, 0.3) is 10.8 Å². The van der Waals surface area contributed by atoms with Crippen molar-refractivity contribution >= 4 is 33.1 Å². The third kappa shape index (κ3) is 2.46. The first-order chi connectivity index (χ1) is 6.38. The van der Waals surface area contributed by atoms with Gasteiger partial charge in [0, 0.05) is 0 Å². The van der Waals surface area contributed by atoms with Gasteiger partial charge in [-0.3, -0.25) is 0 Å². The van der Waals surface area contributed by atoms with Gasteiger partial charge in [-0.1, -0.05) is 42.5 Å². The molecule has 0 N–H and O–H groups in total. The van der Waals surface area contributed by atoms with Crippen LogP contribution in [0.15, 0.2) is 42.5 Å². The van der Waals surface area contributed by atoms with Crippen molar-refractivity contribution in [1.29, 1.82) is 0 Å². The summed E-state index contributed by atoms with van der Waals surface area (Å²) in [6, 6.07) is 14.8. The van der Waals surface area contributed by atoms with Crippen molar-refractivity contribution < 1.29 is 0 Å². The summed E-state index contributed by atoms with van der Waals surface area (Å²) < 4.78 is 0. The molecular formula is C12H13Te. The number of hydrogen-bond donors (Lipinski definition) is 0. The van der Waals surface area contributed by atoms with E-state index in [-0.39, 0.29) is 0 Å². The number of benzene rings is 2. The Balaban J connectivity index is 0.000000396. The zero-order chi connectivity index (χ0) is 9.68. The largest absolute Gasteiger partial charge is 0.0616 e. The summed E-state index contributed by atoms with van der Waals surface area (Å²) >= 11 is 1.95. The van der Waals surface area contributed by atoms with E-state index in [0.717, 1.165) is 0 Å². The minimum Gasteiger partial charge on any atom is -0.0616 e. The average Bonchev–Trinajstić information content (AvgIpc) is 2.22. The molecule has 13 heavy (non-hydrogen) atoms. The predicted molar refractivity (Wildman–Crippen MR) is 60.3 cm³/mol. The molecule has 0 saturated carbocycles. The van der Waals surface area contributed by atoms with Gasteiger partial charge in [0.1, 0.15) is 0 Å². The summed E-state index contributed by atoms with van der Waals surface area (Å²) in [5.41, 5.74) is 1.35. The molecule has 1 heteroatoms. The zero-order valence-corrected chi connectivity index (χ0v) is 10.3. The molecule has 67 valence electrons. The van der Waals surface area contributed by atoms with Crippen molar-refractivity contribution in [1.82, 2.24) is 0 Å². The quantitative estimate of drug-likeness (QED) is 0.651. The molecule has 0 bridgehead atoms. The van der Waals surface area contributed by atoms with Gasteiger partial charge in [-0.15, -0.1) is 0 Å². The Hall–Kier alpha value is -0.510. The van der Waals surface area contributed by atoms with Crippen LogP contribution < -0.4 is 0 Å². The van der Waals surface area contributed by atoms with E-state index in [1.165, 1.54) is 16.3 Å². The molecule has 0 amide bonds. The van der Waals surface area contributed by atoms with E-state index in [9.17, 15) is 0 Å².